The van der Waals surface area contributed by atoms with E-state index in [0.717, 1.165) is 5.56 Å². The molecule has 1 radical (unpaired) electrons. The Labute approximate surface area is 245 Å². The zero-order chi connectivity index (χ0) is 26.0. The van der Waals surface area contributed by atoms with Crippen molar-refractivity contribution < 1.29 is 32.7 Å². The van der Waals surface area contributed by atoms with Gasteiger partial charge in [-0.2, -0.15) is 11.6 Å². The van der Waals surface area contributed by atoms with Gasteiger partial charge in [-0.3, -0.25) is 5.56 Å². The first-order chi connectivity index (χ1) is 17.4. The van der Waals surface area contributed by atoms with Gasteiger partial charge in [0.15, 0.2) is 0 Å². The summed E-state index contributed by atoms with van der Waals surface area (Å²) in [6.45, 7) is 22.0. The van der Waals surface area contributed by atoms with Crippen molar-refractivity contribution in [3.8, 4) is 22.3 Å². The standard InChI is InChI=1S/C27H16.4C2H6.Y/c1-2-18-10-9-17-25-26(18)21-13-5-8-16-24(21)27(25)22-14-6-3-11-19(22)20-12-4-7-15-23(20)27;4*1-2;/h1-9,11-17H;4*1-2H3;/q-2;;;;;. The molecule has 0 fully saturated rings. The number of hydrogen-bond acceptors (Lipinski definition) is 0. The fraction of sp³-hybridized carbons (Fsp3) is 0.257. The summed E-state index contributed by atoms with van der Waals surface area (Å²) in [6.07, 6.45) is 1.68. The van der Waals surface area contributed by atoms with Crippen molar-refractivity contribution in [2.24, 2.45) is 0 Å². The Morgan fingerprint density at radius 2 is 0.944 bits per heavy atom. The molecule has 1 spiro atoms. The van der Waals surface area contributed by atoms with Gasteiger partial charge in [0, 0.05) is 32.7 Å². The number of fused-ring (bicyclic) bond motifs is 10. The number of benzene rings is 4. The van der Waals surface area contributed by atoms with Crippen LogP contribution in [-0.2, 0) is 38.1 Å². The van der Waals surface area contributed by atoms with Crippen LogP contribution in [0, 0.1) is 12.6 Å². The quantitative estimate of drug-likeness (QED) is 0.179. The molecule has 0 atom stereocenters. The van der Waals surface area contributed by atoms with E-state index in [1.807, 2.05) is 61.5 Å². The van der Waals surface area contributed by atoms with Crippen LogP contribution in [0.2, 0.25) is 0 Å². The molecule has 1 heteroatoms. The second-order valence-electron chi connectivity index (χ2n) is 7.23. The van der Waals surface area contributed by atoms with Crippen LogP contribution in [0.25, 0.3) is 28.3 Å². The molecule has 0 nitrogen and oxygen atoms in total. The van der Waals surface area contributed by atoms with Gasteiger partial charge in [0.2, 0.25) is 0 Å². The first-order valence-electron chi connectivity index (χ1n) is 13.3. The zero-order valence-electron chi connectivity index (χ0n) is 23.3. The first-order valence-corrected chi connectivity index (χ1v) is 13.3. The maximum absolute atomic E-state index is 6.00. The van der Waals surface area contributed by atoms with E-state index in [4.69, 9.17) is 6.58 Å². The Balaban J connectivity index is 0.000000661. The van der Waals surface area contributed by atoms with Crippen LogP contribution in [0.4, 0.5) is 0 Å². The van der Waals surface area contributed by atoms with Crippen LogP contribution in [0.15, 0.2) is 84.9 Å². The molecule has 0 saturated heterocycles. The van der Waals surface area contributed by atoms with Crippen LogP contribution in [-0.4, -0.2) is 0 Å². The van der Waals surface area contributed by atoms with Gasteiger partial charge < -0.3 is 12.7 Å². The fourth-order valence-electron chi connectivity index (χ4n) is 5.24. The van der Waals surface area contributed by atoms with Crippen molar-refractivity contribution in [1.29, 1.82) is 0 Å². The van der Waals surface area contributed by atoms with E-state index in [2.05, 4.69) is 84.9 Å². The molecule has 0 amide bonds. The molecule has 6 rings (SSSR count). The van der Waals surface area contributed by atoms with Crippen molar-refractivity contribution >= 4 is 6.08 Å². The average Bonchev–Trinajstić information content (AvgIpc) is 3.45. The summed E-state index contributed by atoms with van der Waals surface area (Å²) in [5.41, 5.74) is 11.1. The summed E-state index contributed by atoms with van der Waals surface area (Å²) in [4.78, 5) is 0. The maximum Gasteiger partial charge on any atom is 0.0535 e. The van der Waals surface area contributed by atoms with Gasteiger partial charge in [-0.05, 0) is 27.8 Å². The van der Waals surface area contributed by atoms with Gasteiger partial charge in [0.25, 0.3) is 0 Å². The van der Waals surface area contributed by atoms with Crippen LogP contribution in [0.5, 0.6) is 0 Å². The third kappa shape index (κ3) is 4.83. The van der Waals surface area contributed by atoms with E-state index in [9.17, 15) is 0 Å². The molecule has 2 aliphatic carbocycles. The van der Waals surface area contributed by atoms with Crippen molar-refractivity contribution in [3.63, 3.8) is 0 Å². The van der Waals surface area contributed by atoms with Crippen LogP contribution in [0.3, 0.4) is 0 Å². The monoisotopic (exact) mass is 549 g/mol. The SMILES string of the molecule is CC.CC.CC.CC.[CH-]=Cc1[c-]ccc2c1-c1ccccc1C21c2ccccc2-c2ccccc21.[Y]. The van der Waals surface area contributed by atoms with E-state index in [0.29, 0.717) is 0 Å². The third-order valence-corrected chi connectivity index (χ3v) is 6.15. The van der Waals surface area contributed by atoms with Crippen molar-refractivity contribution in [3.05, 3.63) is 125 Å². The molecular weight excluding hydrogens is 509 g/mol. The largest absolute Gasteiger partial charge is 0.344 e. The number of rotatable bonds is 1. The fourth-order valence-corrected chi connectivity index (χ4v) is 5.24. The zero-order valence-corrected chi connectivity index (χ0v) is 26.2. The van der Waals surface area contributed by atoms with E-state index in [1.165, 1.54) is 44.5 Å². The molecule has 185 valence electrons. The Hall–Kier alpha value is -2.28. The second kappa shape index (κ2) is 15.1. The molecular formula is C35H40Y-2. The second-order valence-corrected chi connectivity index (χ2v) is 7.23. The normalized spacial score (nSPS) is 11.4. The number of hydrogen-bond donors (Lipinski definition) is 0. The maximum atomic E-state index is 6.00. The van der Waals surface area contributed by atoms with Gasteiger partial charge in [0.05, 0.1) is 5.41 Å². The minimum atomic E-state index is -0.286. The van der Waals surface area contributed by atoms with Crippen molar-refractivity contribution in [2.45, 2.75) is 60.8 Å². The molecule has 0 aliphatic heterocycles. The van der Waals surface area contributed by atoms with Gasteiger partial charge in [-0.15, -0.1) is 11.6 Å². The van der Waals surface area contributed by atoms with Gasteiger partial charge in [0.1, 0.15) is 0 Å². The summed E-state index contributed by atoms with van der Waals surface area (Å²) >= 11 is 0. The van der Waals surface area contributed by atoms with Crippen molar-refractivity contribution in [1.82, 2.24) is 0 Å². The predicted octanol–water partition coefficient (Wildman–Crippen LogP) is 10.4. The smallest absolute Gasteiger partial charge is 0.0535 e. The minimum Gasteiger partial charge on any atom is -0.344 e. The van der Waals surface area contributed by atoms with Gasteiger partial charge in [-0.1, -0.05) is 134 Å². The molecule has 36 heavy (non-hydrogen) atoms. The Morgan fingerprint density at radius 1 is 0.556 bits per heavy atom. The van der Waals surface area contributed by atoms with Gasteiger partial charge >= 0.3 is 0 Å². The molecule has 2 aliphatic rings. The molecule has 0 heterocycles. The van der Waals surface area contributed by atoms with Crippen LogP contribution >= 0.6 is 0 Å². The summed E-state index contributed by atoms with van der Waals surface area (Å²) in [5.74, 6) is 0. The Kier molecular flexibility index (Phi) is 13.3. The molecule has 0 unspecified atom stereocenters. The minimum absolute atomic E-state index is 0. The van der Waals surface area contributed by atoms with Crippen LogP contribution < -0.4 is 0 Å². The summed E-state index contributed by atoms with van der Waals surface area (Å²) in [5, 5.41) is 0. The topological polar surface area (TPSA) is 0 Å². The summed E-state index contributed by atoms with van der Waals surface area (Å²) < 4.78 is 0. The molecule has 0 saturated carbocycles. The summed E-state index contributed by atoms with van der Waals surface area (Å²) in [6, 6.07) is 33.9. The molecule has 0 bridgehead atoms. The molecule has 4 aromatic carbocycles. The van der Waals surface area contributed by atoms with E-state index in [-0.39, 0.29) is 38.1 Å². The molecule has 0 N–H and O–H groups in total. The first kappa shape index (κ1) is 31.8. The molecule has 0 aromatic heterocycles. The van der Waals surface area contributed by atoms with Gasteiger partial charge in [-0.25, -0.2) is 6.07 Å². The van der Waals surface area contributed by atoms with Crippen molar-refractivity contribution in [2.75, 3.05) is 0 Å². The van der Waals surface area contributed by atoms with E-state index < -0.39 is 0 Å². The average molecular weight is 550 g/mol. The van der Waals surface area contributed by atoms with Crippen LogP contribution in [0.1, 0.15) is 83.2 Å². The third-order valence-electron chi connectivity index (χ3n) is 6.15. The van der Waals surface area contributed by atoms with E-state index >= 15 is 0 Å². The molecule has 4 aromatic rings. The Morgan fingerprint density at radius 3 is 1.39 bits per heavy atom. The summed E-state index contributed by atoms with van der Waals surface area (Å²) in [7, 11) is 0. The predicted molar refractivity (Wildman–Crippen MR) is 156 cm³/mol. The Bertz CT molecular complexity index is 1200. The van der Waals surface area contributed by atoms with E-state index in [1.54, 1.807) is 6.08 Å².